The van der Waals surface area contributed by atoms with E-state index in [-0.39, 0.29) is 12.1 Å². The Kier molecular flexibility index (Phi) is 5.49. The molecule has 0 atom stereocenters. The fourth-order valence-electron chi connectivity index (χ4n) is 1.71. The van der Waals surface area contributed by atoms with Gasteiger partial charge in [-0.3, -0.25) is 0 Å². The van der Waals surface area contributed by atoms with Gasteiger partial charge in [0.2, 0.25) is 0 Å². The van der Waals surface area contributed by atoms with Crippen molar-refractivity contribution < 1.29 is 4.79 Å². The number of anilines is 2. The molecule has 0 aliphatic rings. The molecule has 0 radical (unpaired) electrons. The number of urea groups is 1. The topological polar surface area (TPSA) is 44.4 Å². The van der Waals surface area contributed by atoms with Gasteiger partial charge in [-0.1, -0.05) is 19.9 Å². The Hall–Kier alpha value is -1.71. The Morgan fingerprint density at radius 2 is 1.94 bits per heavy atom. The molecule has 0 heterocycles. The van der Waals surface area contributed by atoms with E-state index in [1.54, 1.807) is 0 Å². The third kappa shape index (κ3) is 4.28. The van der Waals surface area contributed by atoms with Gasteiger partial charge in [-0.2, -0.15) is 0 Å². The number of hydrogen-bond donors (Lipinski definition) is 2. The molecule has 100 valence electrons. The first-order valence-electron chi connectivity index (χ1n) is 6.41. The van der Waals surface area contributed by atoms with Crippen LogP contribution in [-0.2, 0) is 0 Å². The Morgan fingerprint density at radius 3 is 2.50 bits per heavy atom. The lowest BCUT2D eigenvalue weighted by atomic mass is 10.2. The van der Waals surface area contributed by atoms with E-state index >= 15 is 0 Å². The fourth-order valence-corrected chi connectivity index (χ4v) is 1.71. The number of nitrogens with zero attached hydrogens (tertiary/aromatic N) is 1. The van der Waals surface area contributed by atoms with Crippen molar-refractivity contribution in [2.24, 2.45) is 0 Å². The molecule has 0 saturated heterocycles. The molecule has 0 saturated carbocycles. The van der Waals surface area contributed by atoms with Gasteiger partial charge in [-0.25, -0.2) is 4.79 Å². The van der Waals surface area contributed by atoms with Crippen LogP contribution in [-0.4, -0.2) is 26.2 Å². The monoisotopic (exact) mass is 249 g/mol. The predicted molar refractivity (Wildman–Crippen MR) is 77.3 cm³/mol. The molecule has 0 spiro atoms. The molecular formula is C14H23N3O. The minimum Gasteiger partial charge on any atom is -0.378 e. The van der Waals surface area contributed by atoms with E-state index in [2.05, 4.69) is 24.5 Å². The van der Waals surface area contributed by atoms with Gasteiger partial charge < -0.3 is 15.5 Å². The van der Waals surface area contributed by atoms with Crippen LogP contribution >= 0.6 is 0 Å². The van der Waals surface area contributed by atoms with Crippen molar-refractivity contribution in [2.45, 2.75) is 32.7 Å². The molecule has 18 heavy (non-hydrogen) atoms. The fraction of sp³-hybridized carbons (Fsp3) is 0.500. The summed E-state index contributed by atoms with van der Waals surface area (Å²) in [5, 5.41) is 5.81. The number of carbonyl (C=O) groups excluding carboxylic acids is 1. The maximum absolute atomic E-state index is 11.8. The number of benzene rings is 1. The normalized spacial score (nSPS) is 10.3. The summed E-state index contributed by atoms with van der Waals surface area (Å²) >= 11 is 0. The number of amides is 2. The molecule has 1 aromatic rings. The second kappa shape index (κ2) is 6.89. The number of rotatable bonds is 5. The quantitative estimate of drug-likeness (QED) is 0.842. The molecule has 0 aromatic heterocycles. The van der Waals surface area contributed by atoms with Crippen LogP contribution in [0.1, 0.15) is 26.7 Å². The molecule has 0 bridgehead atoms. The van der Waals surface area contributed by atoms with Crippen molar-refractivity contribution in [2.75, 3.05) is 24.3 Å². The van der Waals surface area contributed by atoms with E-state index in [0.29, 0.717) is 0 Å². The number of nitrogens with one attached hydrogen (secondary N) is 2. The van der Waals surface area contributed by atoms with E-state index in [1.165, 1.54) is 0 Å². The van der Waals surface area contributed by atoms with Gasteiger partial charge >= 0.3 is 6.03 Å². The maximum atomic E-state index is 11.8. The molecular weight excluding hydrogens is 226 g/mol. The van der Waals surface area contributed by atoms with Crippen molar-refractivity contribution in [3.05, 3.63) is 24.3 Å². The van der Waals surface area contributed by atoms with Crippen molar-refractivity contribution in [3.63, 3.8) is 0 Å². The highest BCUT2D eigenvalue weighted by Crippen LogP contribution is 2.17. The minimum atomic E-state index is -0.139. The van der Waals surface area contributed by atoms with Crippen molar-refractivity contribution in [3.8, 4) is 0 Å². The van der Waals surface area contributed by atoms with Gasteiger partial charge in [0, 0.05) is 31.5 Å². The van der Waals surface area contributed by atoms with E-state index in [0.717, 1.165) is 24.2 Å². The maximum Gasteiger partial charge on any atom is 0.319 e. The van der Waals surface area contributed by atoms with Crippen LogP contribution in [0.2, 0.25) is 0 Å². The summed E-state index contributed by atoms with van der Waals surface area (Å²) in [5.74, 6) is 0. The van der Waals surface area contributed by atoms with E-state index < -0.39 is 0 Å². The molecule has 0 unspecified atom stereocenters. The Bertz CT molecular complexity index is 386. The average Bonchev–Trinajstić information content (AvgIpc) is 2.36. The molecule has 0 fully saturated rings. The van der Waals surface area contributed by atoms with Crippen LogP contribution in [0.3, 0.4) is 0 Å². The van der Waals surface area contributed by atoms with Crippen LogP contribution < -0.4 is 15.5 Å². The van der Waals surface area contributed by atoms with E-state index in [4.69, 9.17) is 0 Å². The molecule has 4 nitrogen and oxygen atoms in total. The minimum absolute atomic E-state index is 0.139. The first-order chi connectivity index (χ1) is 8.56. The van der Waals surface area contributed by atoms with Crippen molar-refractivity contribution >= 4 is 17.4 Å². The molecule has 2 N–H and O–H groups in total. The van der Waals surface area contributed by atoms with Gasteiger partial charge in [0.05, 0.1) is 0 Å². The summed E-state index contributed by atoms with van der Waals surface area (Å²) in [4.78, 5) is 13.8. The van der Waals surface area contributed by atoms with E-state index in [9.17, 15) is 4.79 Å². The van der Waals surface area contributed by atoms with Gasteiger partial charge in [0.25, 0.3) is 0 Å². The van der Waals surface area contributed by atoms with Crippen LogP contribution in [0.25, 0.3) is 0 Å². The molecule has 1 aromatic carbocycles. The Balaban J connectivity index is 2.61. The van der Waals surface area contributed by atoms with Gasteiger partial charge in [0.15, 0.2) is 0 Å². The third-order valence-corrected chi connectivity index (χ3v) is 2.94. The molecule has 0 aliphatic heterocycles. The van der Waals surface area contributed by atoms with E-state index in [1.807, 2.05) is 43.3 Å². The van der Waals surface area contributed by atoms with Gasteiger partial charge in [0.1, 0.15) is 0 Å². The summed E-state index contributed by atoms with van der Waals surface area (Å²) < 4.78 is 0. The lowest BCUT2D eigenvalue weighted by molar-refractivity contribution is 0.247. The predicted octanol–water partition coefficient (Wildman–Crippen LogP) is 3.06. The molecule has 2 amide bonds. The zero-order chi connectivity index (χ0) is 13.5. The zero-order valence-corrected chi connectivity index (χ0v) is 11.7. The summed E-state index contributed by atoms with van der Waals surface area (Å²) in [6.45, 7) is 4.14. The highest BCUT2D eigenvalue weighted by Gasteiger charge is 2.08. The van der Waals surface area contributed by atoms with Gasteiger partial charge in [-0.15, -0.1) is 0 Å². The third-order valence-electron chi connectivity index (χ3n) is 2.94. The standard InChI is InChI=1S/C14H23N3O/c1-5-11(6-2)15-14(18)16-12-8-7-9-13(10-12)17(3)4/h7-11H,5-6H2,1-4H3,(H2,15,16,18). The largest absolute Gasteiger partial charge is 0.378 e. The first-order valence-corrected chi connectivity index (χ1v) is 6.41. The molecule has 4 heteroatoms. The summed E-state index contributed by atoms with van der Waals surface area (Å²) in [7, 11) is 3.95. The molecule has 0 aliphatic carbocycles. The summed E-state index contributed by atoms with van der Waals surface area (Å²) in [6.07, 6.45) is 1.89. The lowest BCUT2D eigenvalue weighted by Gasteiger charge is -2.17. The highest BCUT2D eigenvalue weighted by atomic mass is 16.2. The van der Waals surface area contributed by atoms with Crippen molar-refractivity contribution in [1.82, 2.24) is 5.32 Å². The molecule has 1 rings (SSSR count). The van der Waals surface area contributed by atoms with Crippen molar-refractivity contribution in [1.29, 1.82) is 0 Å². The SMILES string of the molecule is CCC(CC)NC(=O)Nc1cccc(N(C)C)c1. The smallest absolute Gasteiger partial charge is 0.319 e. The number of carbonyl (C=O) groups is 1. The lowest BCUT2D eigenvalue weighted by Crippen LogP contribution is -2.37. The average molecular weight is 249 g/mol. The Morgan fingerprint density at radius 1 is 1.28 bits per heavy atom. The first kappa shape index (κ1) is 14.4. The van der Waals surface area contributed by atoms with Crippen LogP contribution in [0.5, 0.6) is 0 Å². The second-order valence-corrected chi connectivity index (χ2v) is 4.56. The number of hydrogen-bond acceptors (Lipinski definition) is 2. The Labute approximate surface area is 109 Å². The highest BCUT2D eigenvalue weighted by molar-refractivity contribution is 5.90. The van der Waals surface area contributed by atoms with Crippen LogP contribution in [0.15, 0.2) is 24.3 Å². The van der Waals surface area contributed by atoms with Crippen LogP contribution in [0, 0.1) is 0 Å². The summed E-state index contributed by atoms with van der Waals surface area (Å²) in [5.41, 5.74) is 1.87. The van der Waals surface area contributed by atoms with Gasteiger partial charge in [-0.05, 0) is 31.0 Å². The zero-order valence-electron chi connectivity index (χ0n) is 11.7. The second-order valence-electron chi connectivity index (χ2n) is 4.56. The van der Waals surface area contributed by atoms with Crippen LogP contribution in [0.4, 0.5) is 16.2 Å². The summed E-state index contributed by atoms with van der Waals surface area (Å²) in [6, 6.07) is 7.87.